The van der Waals surface area contributed by atoms with E-state index in [1.807, 2.05) is 18.0 Å². The van der Waals surface area contributed by atoms with Crippen molar-refractivity contribution >= 4 is 17.6 Å². The summed E-state index contributed by atoms with van der Waals surface area (Å²) in [7, 11) is 2.11. The largest absolute Gasteiger partial charge is 0.356 e. The monoisotopic (exact) mass is 266 g/mol. The molecule has 4 nitrogen and oxygen atoms in total. The Bertz CT molecular complexity index is 381. The zero-order valence-corrected chi connectivity index (χ0v) is 12.2. The molecule has 1 fully saturated rings. The third-order valence-corrected chi connectivity index (χ3v) is 4.14. The molecule has 1 heterocycles. The van der Waals surface area contributed by atoms with Gasteiger partial charge in [0.25, 0.3) is 0 Å². The van der Waals surface area contributed by atoms with Crippen molar-refractivity contribution in [3.63, 3.8) is 0 Å². The smallest absolute Gasteiger partial charge is 0.136 e. The average molecular weight is 266 g/mol. The molecule has 1 saturated carbocycles. The minimum atomic E-state index is 0.481. The number of nitrogens with one attached hydrogen (secondary N) is 1. The third-order valence-electron chi connectivity index (χ3n) is 3.33. The lowest BCUT2D eigenvalue weighted by molar-refractivity contribution is 0.672. The lowest BCUT2D eigenvalue weighted by Gasteiger charge is -2.27. The van der Waals surface area contributed by atoms with Crippen LogP contribution in [0.5, 0.6) is 0 Å². The van der Waals surface area contributed by atoms with Crippen LogP contribution in [0.15, 0.2) is 12.5 Å². The summed E-state index contributed by atoms with van der Waals surface area (Å²) in [6.45, 7) is 3.11. The Kier molecular flexibility index (Phi) is 4.83. The highest BCUT2D eigenvalue weighted by atomic mass is 32.2. The zero-order valence-electron chi connectivity index (χ0n) is 11.4. The van der Waals surface area contributed by atoms with E-state index in [1.54, 1.807) is 6.33 Å². The maximum Gasteiger partial charge on any atom is 0.136 e. The summed E-state index contributed by atoms with van der Waals surface area (Å²) >= 11 is 1.87. The Morgan fingerprint density at radius 2 is 2.33 bits per heavy atom. The summed E-state index contributed by atoms with van der Waals surface area (Å²) < 4.78 is 0. The molecule has 0 spiro atoms. The van der Waals surface area contributed by atoms with Gasteiger partial charge in [-0.25, -0.2) is 9.97 Å². The van der Waals surface area contributed by atoms with Gasteiger partial charge in [0.15, 0.2) is 0 Å². The minimum Gasteiger partial charge on any atom is -0.356 e. The van der Waals surface area contributed by atoms with Gasteiger partial charge in [0, 0.05) is 43.2 Å². The molecule has 1 aromatic heterocycles. The van der Waals surface area contributed by atoms with Crippen LogP contribution in [-0.2, 0) is 6.54 Å². The molecule has 1 unspecified atom stereocenters. The van der Waals surface area contributed by atoms with E-state index in [4.69, 9.17) is 0 Å². The standard InChI is InChI=1S/C13H22N4S/c1-10(8-18-3)17(2)13-11(6-14-9-16-13)7-15-12-4-5-12/h6,9-10,12,15H,4-5,7-8H2,1-3H3. The highest BCUT2D eigenvalue weighted by Gasteiger charge is 2.21. The lowest BCUT2D eigenvalue weighted by atomic mass is 10.2. The van der Waals surface area contributed by atoms with Crippen LogP contribution in [0.4, 0.5) is 5.82 Å². The second-order valence-electron chi connectivity index (χ2n) is 4.94. The second kappa shape index (κ2) is 6.38. The molecule has 18 heavy (non-hydrogen) atoms. The van der Waals surface area contributed by atoms with Gasteiger partial charge in [-0.1, -0.05) is 0 Å². The molecule has 100 valence electrons. The summed E-state index contributed by atoms with van der Waals surface area (Å²) in [6.07, 6.45) is 8.32. The number of anilines is 1. The van der Waals surface area contributed by atoms with Gasteiger partial charge in [-0.2, -0.15) is 11.8 Å². The van der Waals surface area contributed by atoms with Crippen LogP contribution >= 0.6 is 11.8 Å². The zero-order chi connectivity index (χ0) is 13.0. The summed E-state index contributed by atoms with van der Waals surface area (Å²) in [5.74, 6) is 2.16. The van der Waals surface area contributed by atoms with Crippen LogP contribution in [0.3, 0.4) is 0 Å². The number of hydrogen-bond acceptors (Lipinski definition) is 5. The maximum absolute atomic E-state index is 4.45. The van der Waals surface area contributed by atoms with Crippen molar-refractivity contribution in [2.75, 3.05) is 24.0 Å². The molecule has 0 aliphatic heterocycles. The Balaban J connectivity index is 2.04. The van der Waals surface area contributed by atoms with E-state index in [9.17, 15) is 0 Å². The normalized spacial score (nSPS) is 16.6. The Hall–Kier alpha value is -0.810. The summed E-state index contributed by atoms with van der Waals surface area (Å²) in [6, 6.07) is 1.20. The molecular weight excluding hydrogens is 244 g/mol. The van der Waals surface area contributed by atoms with Crippen LogP contribution in [-0.4, -0.2) is 41.1 Å². The van der Waals surface area contributed by atoms with Crippen LogP contribution in [0.25, 0.3) is 0 Å². The fourth-order valence-electron chi connectivity index (χ4n) is 1.90. The molecule has 0 aromatic carbocycles. The molecule has 0 bridgehead atoms. The SMILES string of the molecule is CSCC(C)N(C)c1ncncc1CNC1CC1. The molecule has 1 atom stereocenters. The number of thioether (sulfide) groups is 1. The van der Waals surface area contributed by atoms with Gasteiger partial charge in [0.05, 0.1) is 0 Å². The Labute approximate surface area is 114 Å². The van der Waals surface area contributed by atoms with Gasteiger partial charge in [-0.15, -0.1) is 0 Å². The fourth-order valence-corrected chi connectivity index (χ4v) is 2.60. The van der Waals surface area contributed by atoms with Crippen molar-refractivity contribution in [1.29, 1.82) is 0 Å². The highest BCUT2D eigenvalue weighted by Crippen LogP contribution is 2.22. The summed E-state index contributed by atoms with van der Waals surface area (Å²) in [4.78, 5) is 10.8. The van der Waals surface area contributed by atoms with Crippen LogP contribution in [0, 0.1) is 0 Å². The van der Waals surface area contributed by atoms with Crippen LogP contribution in [0.1, 0.15) is 25.3 Å². The van der Waals surface area contributed by atoms with Gasteiger partial charge in [-0.3, -0.25) is 0 Å². The molecule has 1 aliphatic rings. The quantitative estimate of drug-likeness (QED) is 0.816. The van der Waals surface area contributed by atoms with Crippen molar-refractivity contribution in [2.45, 2.75) is 38.4 Å². The van der Waals surface area contributed by atoms with Crippen molar-refractivity contribution in [3.05, 3.63) is 18.1 Å². The van der Waals surface area contributed by atoms with Crippen molar-refractivity contribution in [2.24, 2.45) is 0 Å². The maximum atomic E-state index is 4.45. The minimum absolute atomic E-state index is 0.481. The molecule has 1 aromatic rings. The van der Waals surface area contributed by atoms with E-state index in [0.717, 1.165) is 18.1 Å². The van der Waals surface area contributed by atoms with E-state index in [1.165, 1.54) is 18.4 Å². The number of aromatic nitrogens is 2. The van der Waals surface area contributed by atoms with Gasteiger partial charge in [0.1, 0.15) is 12.1 Å². The van der Waals surface area contributed by atoms with E-state index in [0.29, 0.717) is 12.1 Å². The molecule has 0 radical (unpaired) electrons. The third kappa shape index (κ3) is 3.59. The molecule has 1 aliphatic carbocycles. The first-order valence-electron chi connectivity index (χ1n) is 6.46. The molecule has 0 amide bonds. The number of rotatable bonds is 7. The van der Waals surface area contributed by atoms with Crippen LogP contribution < -0.4 is 10.2 Å². The molecule has 2 rings (SSSR count). The van der Waals surface area contributed by atoms with E-state index >= 15 is 0 Å². The Morgan fingerprint density at radius 1 is 1.56 bits per heavy atom. The predicted molar refractivity (Wildman–Crippen MR) is 78.1 cm³/mol. The van der Waals surface area contributed by atoms with Crippen molar-refractivity contribution in [3.8, 4) is 0 Å². The number of hydrogen-bond donors (Lipinski definition) is 1. The van der Waals surface area contributed by atoms with Gasteiger partial charge >= 0.3 is 0 Å². The van der Waals surface area contributed by atoms with Crippen molar-refractivity contribution in [1.82, 2.24) is 15.3 Å². The summed E-state index contributed by atoms with van der Waals surface area (Å²) in [5.41, 5.74) is 1.19. The van der Waals surface area contributed by atoms with Gasteiger partial charge in [0.2, 0.25) is 0 Å². The Morgan fingerprint density at radius 3 is 3.00 bits per heavy atom. The van der Waals surface area contributed by atoms with Gasteiger partial charge in [-0.05, 0) is 26.0 Å². The molecule has 1 N–H and O–H groups in total. The highest BCUT2D eigenvalue weighted by molar-refractivity contribution is 7.98. The summed E-state index contributed by atoms with van der Waals surface area (Å²) in [5, 5.41) is 3.53. The first-order valence-corrected chi connectivity index (χ1v) is 7.85. The fraction of sp³-hybridized carbons (Fsp3) is 0.692. The first-order chi connectivity index (χ1) is 8.72. The second-order valence-corrected chi connectivity index (χ2v) is 5.85. The van der Waals surface area contributed by atoms with Crippen LogP contribution in [0.2, 0.25) is 0 Å². The van der Waals surface area contributed by atoms with E-state index in [2.05, 4.69) is 40.4 Å². The van der Waals surface area contributed by atoms with E-state index < -0.39 is 0 Å². The predicted octanol–water partition coefficient (Wildman–Crippen LogP) is 1.92. The topological polar surface area (TPSA) is 41.1 Å². The molecule has 0 saturated heterocycles. The molecule has 5 heteroatoms. The van der Waals surface area contributed by atoms with Crippen molar-refractivity contribution < 1.29 is 0 Å². The number of nitrogens with zero attached hydrogens (tertiary/aromatic N) is 3. The first kappa shape index (κ1) is 13.6. The van der Waals surface area contributed by atoms with E-state index in [-0.39, 0.29) is 0 Å². The molecular formula is C13H22N4S. The lowest BCUT2D eigenvalue weighted by Crippen LogP contribution is -2.33. The van der Waals surface area contributed by atoms with Gasteiger partial charge < -0.3 is 10.2 Å². The average Bonchev–Trinajstić information content (AvgIpc) is 3.20.